The molecule has 1 atom stereocenters. The Kier molecular flexibility index (Phi) is 3.83. The Hall–Kier alpha value is -2.24. The molecule has 0 aliphatic carbocycles. The normalized spacial score (nSPS) is 12.4. The van der Waals surface area contributed by atoms with Crippen molar-refractivity contribution in [2.24, 2.45) is 0 Å². The lowest BCUT2D eigenvalue weighted by atomic mass is 10.2. The maximum atomic E-state index is 14.1. The molecule has 0 fully saturated rings. The summed E-state index contributed by atoms with van der Waals surface area (Å²) in [5.74, 6) is 0.249. The van der Waals surface area contributed by atoms with Gasteiger partial charge in [-0.2, -0.15) is 0 Å². The summed E-state index contributed by atoms with van der Waals surface area (Å²) in [6.07, 6.45) is -1.09. The summed E-state index contributed by atoms with van der Waals surface area (Å²) < 4.78 is 21.1. The predicted octanol–water partition coefficient (Wildman–Crippen LogP) is 2.75. The van der Waals surface area contributed by atoms with Crippen molar-refractivity contribution in [1.82, 2.24) is 9.88 Å². The van der Waals surface area contributed by atoms with Crippen molar-refractivity contribution in [2.45, 2.75) is 26.4 Å². The molecule has 2 aromatic rings. The number of aromatic nitrogens is 1. The summed E-state index contributed by atoms with van der Waals surface area (Å²) in [6, 6.07) is 4.45. The highest BCUT2D eigenvalue weighted by atomic mass is 19.1. The molecule has 2 rings (SSSR count). The first-order valence-corrected chi connectivity index (χ1v) is 6.25. The third-order valence-electron chi connectivity index (χ3n) is 3.22. The zero-order valence-electron chi connectivity index (χ0n) is 11.6. The number of ether oxygens (including phenoxy) is 1. The van der Waals surface area contributed by atoms with Gasteiger partial charge in [-0.1, -0.05) is 0 Å². The average Bonchev–Trinajstić information content (AvgIpc) is 2.67. The Labute approximate surface area is 116 Å². The molecular formula is C14H17FN2O3. The molecule has 1 aromatic heterocycles. The number of hydrogen-bond acceptors (Lipinski definition) is 2. The van der Waals surface area contributed by atoms with E-state index in [0.29, 0.717) is 23.2 Å². The summed E-state index contributed by atoms with van der Waals surface area (Å²) in [5, 5.41) is 11.8. The van der Waals surface area contributed by atoms with Gasteiger partial charge in [0.05, 0.1) is 12.6 Å². The van der Waals surface area contributed by atoms with Gasteiger partial charge < -0.3 is 19.7 Å². The minimum absolute atomic E-state index is 0.326. The quantitative estimate of drug-likeness (QED) is 0.905. The van der Waals surface area contributed by atoms with Gasteiger partial charge in [-0.15, -0.1) is 0 Å². The number of methoxy groups -OCH3 is 1. The molecule has 6 heteroatoms. The molecule has 2 N–H and O–H groups in total. The van der Waals surface area contributed by atoms with Crippen LogP contribution in [0.5, 0.6) is 5.75 Å². The topological polar surface area (TPSA) is 63.5 Å². The van der Waals surface area contributed by atoms with E-state index in [1.54, 1.807) is 17.6 Å². The smallest absolute Gasteiger partial charge is 0.404 e. The van der Waals surface area contributed by atoms with E-state index >= 15 is 0 Å². The molecule has 0 saturated heterocycles. The van der Waals surface area contributed by atoms with Crippen LogP contribution in [0.2, 0.25) is 0 Å². The fraction of sp³-hybridized carbons (Fsp3) is 0.357. The first-order valence-electron chi connectivity index (χ1n) is 6.25. The van der Waals surface area contributed by atoms with E-state index in [9.17, 15) is 9.18 Å². The van der Waals surface area contributed by atoms with Crippen molar-refractivity contribution in [2.75, 3.05) is 7.11 Å². The number of benzene rings is 1. The fourth-order valence-electron chi connectivity index (χ4n) is 2.38. The molecule has 0 saturated carbocycles. The van der Waals surface area contributed by atoms with E-state index in [0.717, 1.165) is 5.69 Å². The molecule has 20 heavy (non-hydrogen) atoms. The van der Waals surface area contributed by atoms with E-state index in [-0.39, 0.29) is 11.9 Å². The number of rotatable bonds is 4. The maximum absolute atomic E-state index is 14.1. The van der Waals surface area contributed by atoms with Crippen molar-refractivity contribution >= 4 is 17.0 Å². The molecule has 0 spiro atoms. The van der Waals surface area contributed by atoms with Gasteiger partial charge in [0.15, 0.2) is 0 Å². The Balaban J connectivity index is 2.48. The average molecular weight is 280 g/mol. The number of hydrogen-bond donors (Lipinski definition) is 2. The number of nitrogens with one attached hydrogen (secondary N) is 1. The number of carboxylic acid groups (broad SMARTS) is 1. The monoisotopic (exact) mass is 280 g/mol. The minimum Gasteiger partial charge on any atom is -0.496 e. The van der Waals surface area contributed by atoms with Gasteiger partial charge in [0.25, 0.3) is 0 Å². The van der Waals surface area contributed by atoms with Crippen LogP contribution in [0.15, 0.2) is 18.2 Å². The molecule has 0 radical (unpaired) electrons. The van der Waals surface area contributed by atoms with Crippen molar-refractivity contribution in [3.8, 4) is 5.75 Å². The van der Waals surface area contributed by atoms with Crippen LogP contribution in [0.4, 0.5) is 9.18 Å². The molecular weight excluding hydrogens is 263 g/mol. The second kappa shape index (κ2) is 5.40. The highest BCUT2D eigenvalue weighted by Gasteiger charge is 2.16. The minimum atomic E-state index is -1.09. The van der Waals surface area contributed by atoms with E-state index in [1.807, 2.05) is 13.0 Å². The standard InChI is InChI=1S/C14H17FN2O3/c1-8(16-14(18)19)7-17-9(2)6-10-12(20-3)5-4-11(15)13(10)17/h4-6,8,16H,7H2,1-3H3,(H,18,19). The van der Waals surface area contributed by atoms with Crippen molar-refractivity contribution in [1.29, 1.82) is 0 Å². The highest BCUT2D eigenvalue weighted by Crippen LogP contribution is 2.30. The number of halogens is 1. The SMILES string of the molecule is COc1ccc(F)c2c1cc(C)n2CC(C)NC(=O)O. The van der Waals surface area contributed by atoms with E-state index in [2.05, 4.69) is 5.32 Å². The molecule has 108 valence electrons. The maximum Gasteiger partial charge on any atom is 0.404 e. The number of nitrogens with zero attached hydrogens (tertiary/aromatic N) is 1. The van der Waals surface area contributed by atoms with Crippen molar-refractivity contribution in [3.63, 3.8) is 0 Å². The molecule has 0 aliphatic rings. The predicted molar refractivity (Wildman–Crippen MR) is 73.8 cm³/mol. The third-order valence-corrected chi connectivity index (χ3v) is 3.22. The molecule has 1 heterocycles. The van der Waals surface area contributed by atoms with Crippen LogP contribution in [0.3, 0.4) is 0 Å². The molecule has 0 aliphatic heterocycles. The molecule has 1 unspecified atom stereocenters. The number of fused-ring (bicyclic) bond motifs is 1. The zero-order chi connectivity index (χ0) is 14.9. The third kappa shape index (κ3) is 2.54. The molecule has 1 aromatic carbocycles. The molecule has 5 nitrogen and oxygen atoms in total. The van der Waals surface area contributed by atoms with Crippen molar-refractivity contribution < 1.29 is 19.0 Å². The second-order valence-corrected chi connectivity index (χ2v) is 4.76. The van der Waals surface area contributed by atoms with Crippen LogP contribution in [0, 0.1) is 12.7 Å². The van der Waals surface area contributed by atoms with E-state index in [4.69, 9.17) is 9.84 Å². The van der Waals surface area contributed by atoms with Crippen LogP contribution in [0.1, 0.15) is 12.6 Å². The van der Waals surface area contributed by atoms with Gasteiger partial charge >= 0.3 is 6.09 Å². The van der Waals surface area contributed by atoms with E-state index < -0.39 is 6.09 Å². The number of aryl methyl sites for hydroxylation is 1. The Morgan fingerprint density at radius 1 is 1.55 bits per heavy atom. The van der Waals surface area contributed by atoms with Crippen LogP contribution in [0.25, 0.3) is 10.9 Å². The van der Waals surface area contributed by atoms with Crippen LogP contribution < -0.4 is 10.1 Å². The summed E-state index contributed by atoms with van der Waals surface area (Å²) in [7, 11) is 1.54. The lowest BCUT2D eigenvalue weighted by Gasteiger charge is -2.15. The van der Waals surface area contributed by atoms with Gasteiger partial charge in [-0.3, -0.25) is 0 Å². The summed E-state index contributed by atoms with van der Waals surface area (Å²) in [6.45, 7) is 3.94. The second-order valence-electron chi connectivity index (χ2n) is 4.76. The molecule has 0 bridgehead atoms. The summed E-state index contributed by atoms with van der Waals surface area (Å²) in [4.78, 5) is 10.6. The van der Waals surface area contributed by atoms with Crippen LogP contribution >= 0.6 is 0 Å². The summed E-state index contributed by atoms with van der Waals surface area (Å²) in [5.41, 5.74) is 1.28. The van der Waals surface area contributed by atoms with Gasteiger partial charge in [0, 0.05) is 23.7 Å². The van der Waals surface area contributed by atoms with Crippen LogP contribution in [-0.2, 0) is 6.54 Å². The zero-order valence-corrected chi connectivity index (χ0v) is 11.6. The van der Waals surface area contributed by atoms with Gasteiger partial charge in [-0.05, 0) is 32.0 Å². The number of carbonyl (C=O) groups is 1. The van der Waals surface area contributed by atoms with Crippen LogP contribution in [-0.4, -0.2) is 28.9 Å². The first-order chi connectivity index (χ1) is 9.43. The Morgan fingerprint density at radius 2 is 2.25 bits per heavy atom. The van der Waals surface area contributed by atoms with E-state index in [1.165, 1.54) is 13.2 Å². The Bertz CT molecular complexity index is 651. The first kappa shape index (κ1) is 14.2. The lowest BCUT2D eigenvalue weighted by molar-refractivity contribution is 0.189. The van der Waals surface area contributed by atoms with Gasteiger partial charge in [-0.25, -0.2) is 9.18 Å². The Morgan fingerprint density at radius 3 is 2.85 bits per heavy atom. The van der Waals surface area contributed by atoms with Gasteiger partial charge in [0.1, 0.15) is 11.6 Å². The van der Waals surface area contributed by atoms with Gasteiger partial charge in [0.2, 0.25) is 0 Å². The van der Waals surface area contributed by atoms with Crippen molar-refractivity contribution in [3.05, 3.63) is 29.7 Å². The highest BCUT2D eigenvalue weighted by molar-refractivity contribution is 5.88. The summed E-state index contributed by atoms with van der Waals surface area (Å²) >= 11 is 0. The molecule has 1 amide bonds. The fourth-order valence-corrected chi connectivity index (χ4v) is 2.38. The largest absolute Gasteiger partial charge is 0.496 e. The number of amides is 1. The lowest BCUT2D eigenvalue weighted by Crippen LogP contribution is -2.34.